The average molecular weight is 479 g/mol. The lowest BCUT2D eigenvalue weighted by molar-refractivity contribution is -0.146. The van der Waals surface area contributed by atoms with Crippen molar-refractivity contribution in [2.75, 3.05) is 18.6 Å². The quantitative estimate of drug-likeness (QED) is 0.207. The third kappa shape index (κ3) is 8.85. The summed E-state index contributed by atoms with van der Waals surface area (Å²) in [5.41, 5.74) is 16.9. The number of unbranched alkanes of at least 4 members (excludes halogenated alkanes) is 1. The Morgan fingerprint density at radius 3 is 2.20 bits per heavy atom. The first-order chi connectivity index (χ1) is 17.1. The highest BCUT2D eigenvalue weighted by molar-refractivity contribution is 5.86. The van der Waals surface area contributed by atoms with Crippen LogP contribution < -0.4 is 22.3 Å². The Kier molecular flexibility index (Phi) is 10.8. The smallest absolute Gasteiger partial charge is 0.342 e. The van der Waals surface area contributed by atoms with E-state index >= 15 is 0 Å². The number of hydrogen-bond acceptors (Lipinski definition) is 6. The topological polar surface area (TPSA) is 119 Å². The average Bonchev–Trinajstić information content (AvgIpc) is 2.91. The van der Waals surface area contributed by atoms with Crippen LogP contribution in [-0.4, -0.2) is 31.0 Å². The highest BCUT2D eigenvalue weighted by atomic mass is 16.7. The fraction of sp³-hybridized carbons (Fsp3) is 0.429. The fourth-order valence-corrected chi connectivity index (χ4v) is 4.29. The van der Waals surface area contributed by atoms with Gasteiger partial charge in [-0.15, -0.1) is 0 Å². The molecule has 3 rings (SSSR count). The Bertz CT molecular complexity index is 938. The maximum atomic E-state index is 12.8. The van der Waals surface area contributed by atoms with Gasteiger partial charge in [-0.3, -0.25) is 4.79 Å². The molecule has 1 fully saturated rings. The van der Waals surface area contributed by atoms with Gasteiger partial charge in [0.25, 0.3) is 0 Å². The molecule has 1 aliphatic carbocycles. The van der Waals surface area contributed by atoms with Gasteiger partial charge in [-0.1, -0.05) is 54.6 Å². The highest BCUT2D eigenvalue weighted by Crippen LogP contribution is 2.28. The molecule has 0 spiro atoms. The number of amides is 1. The Hall–Kier alpha value is -3.16. The van der Waals surface area contributed by atoms with Crippen LogP contribution in [0.3, 0.4) is 0 Å². The lowest BCUT2D eigenvalue weighted by Gasteiger charge is -2.28. The zero-order valence-corrected chi connectivity index (χ0v) is 20.3. The van der Waals surface area contributed by atoms with Gasteiger partial charge in [0.1, 0.15) is 6.04 Å². The number of anilines is 1. The van der Waals surface area contributed by atoms with Crippen molar-refractivity contribution in [3.8, 4) is 0 Å². The van der Waals surface area contributed by atoms with Crippen LogP contribution in [0.5, 0.6) is 0 Å². The second kappa shape index (κ2) is 14.3. The molecule has 0 bridgehead atoms. The van der Waals surface area contributed by atoms with Crippen LogP contribution in [-0.2, 0) is 14.4 Å². The van der Waals surface area contributed by atoms with Crippen LogP contribution >= 0.6 is 0 Å². The first kappa shape index (κ1) is 26.4. The summed E-state index contributed by atoms with van der Waals surface area (Å²) in [4.78, 5) is 31.0. The van der Waals surface area contributed by atoms with E-state index in [0.29, 0.717) is 31.1 Å². The van der Waals surface area contributed by atoms with Crippen molar-refractivity contribution in [3.05, 3.63) is 65.7 Å². The SMILES string of the molecule is NCCCC[C@H](NC(=O)C1CCC(CN)CC1)C(=O)ONc1ccc(C=Cc2ccccc2)cc1. The van der Waals surface area contributed by atoms with Crippen LogP contribution in [0.2, 0.25) is 0 Å². The Labute approximate surface area is 208 Å². The van der Waals surface area contributed by atoms with Gasteiger partial charge < -0.3 is 21.6 Å². The number of rotatable bonds is 12. The largest absolute Gasteiger partial charge is 0.354 e. The van der Waals surface area contributed by atoms with Crippen molar-refractivity contribution >= 4 is 29.7 Å². The van der Waals surface area contributed by atoms with E-state index in [9.17, 15) is 9.59 Å². The maximum absolute atomic E-state index is 12.8. The molecule has 35 heavy (non-hydrogen) atoms. The molecular formula is C28H38N4O3. The standard InChI is InChI=1S/C28H38N4O3/c29-19-5-4-8-26(31-27(33)24-15-11-23(20-30)12-16-24)28(34)35-32-25-17-13-22(14-18-25)10-9-21-6-2-1-3-7-21/h1-3,6-7,9-10,13-14,17-18,23-24,26,32H,4-5,8,11-12,15-16,19-20,29-30H2,(H,31,33)/t23?,24?,26-/m0/s1. The Morgan fingerprint density at radius 2 is 1.57 bits per heavy atom. The van der Waals surface area contributed by atoms with Crippen molar-refractivity contribution in [2.24, 2.45) is 23.3 Å². The summed E-state index contributed by atoms with van der Waals surface area (Å²) < 4.78 is 0. The van der Waals surface area contributed by atoms with E-state index in [1.54, 1.807) is 0 Å². The molecule has 2 aromatic carbocycles. The molecule has 1 atom stereocenters. The van der Waals surface area contributed by atoms with Gasteiger partial charge in [-0.2, -0.15) is 0 Å². The van der Waals surface area contributed by atoms with Crippen molar-refractivity contribution in [1.29, 1.82) is 0 Å². The zero-order valence-electron chi connectivity index (χ0n) is 20.3. The van der Waals surface area contributed by atoms with E-state index in [1.807, 2.05) is 66.7 Å². The summed E-state index contributed by atoms with van der Waals surface area (Å²) in [7, 11) is 0. The second-order valence-corrected chi connectivity index (χ2v) is 9.19. The lowest BCUT2D eigenvalue weighted by atomic mass is 9.81. The predicted molar refractivity (Wildman–Crippen MR) is 141 cm³/mol. The van der Waals surface area contributed by atoms with E-state index in [0.717, 1.165) is 49.7 Å². The molecule has 0 heterocycles. The van der Waals surface area contributed by atoms with E-state index in [4.69, 9.17) is 16.3 Å². The zero-order chi connectivity index (χ0) is 24.9. The predicted octanol–water partition coefficient (Wildman–Crippen LogP) is 4.11. The van der Waals surface area contributed by atoms with Gasteiger partial charge in [-0.25, -0.2) is 10.3 Å². The summed E-state index contributed by atoms with van der Waals surface area (Å²) in [5, 5.41) is 2.92. The Balaban J connectivity index is 1.51. The number of nitrogens with one attached hydrogen (secondary N) is 2. The summed E-state index contributed by atoms with van der Waals surface area (Å²) in [6.45, 7) is 1.21. The van der Waals surface area contributed by atoms with Gasteiger partial charge in [-0.05, 0) is 87.2 Å². The molecule has 0 aromatic heterocycles. The monoisotopic (exact) mass is 478 g/mol. The minimum atomic E-state index is -0.707. The number of benzene rings is 2. The summed E-state index contributed by atoms with van der Waals surface area (Å²) in [5.74, 6) is -0.162. The molecule has 188 valence electrons. The Morgan fingerprint density at radius 1 is 0.914 bits per heavy atom. The second-order valence-electron chi connectivity index (χ2n) is 9.19. The number of hydrogen-bond donors (Lipinski definition) is 4. The van der Waals surface area contributed by atoms with Crippen molar-refractivity contribution < 1.29 is 14.4 Å². The van der Waals surface area contributed by atoms with Gasteiger partial charge in [0.05, 0.1) is 5.69 Å². The van der Waals surface area contributed by atoms with Gasteiger partial charge in [0.2, 0.25) is 5.91 Å². The molecule has 1 amide bonds. The molecule has 2 aromatic rings. The number of carbonyl (C=O) groups excluding carboxylic acids is 2. The molecule has 0 saturated heterocycles. The third-order valence-electron chi connectivity index (χ3n) is 6.55. The van der Waals surface area contributed by atoms with Crippen molar-refractivity contribution in [2.45, 2.75) is 51.0 Å². The van der Waals surface area contributed by atoms with E-state index in [1.165, 1.54) is 0 Å². The van der Waals surface area contributed by atoms with Crippen LogP contribution in [0.1, 0.15) is 56.1 Å². The van der Waals surface area contributed by atoms with E-state index < -0.39 is 12.0 Å². The highest BCUT2D eigenvalue weighted by Gasteiger charge is 2.29. The third-order valence-corrected chi connectivity index (χ3v) is 6.55. The lowest BCUT2D eigenvalue weighted by Crippen LogP contribution is -2.45. The molecule has 6 N–H and O–H groups in total. The van der Waals surface area contributed by atoms with Gasteiger partial charge in [0.15, 0.2) is 0 Å². The van der Waals surface area contributed by atoms with Crippen molar-refractivity contribution in [1.82, 2.24) is 5.32 Å². The van der Waals surface area contributed by atoms with Crippen LogP contribution in [0.15, 0.2) is 54.6 Å². The van der Waals surface area contributed by atoms with Gasteiger partial charge >= 0.3 is 5.97 Å². The summed E-state index contributed by atoms with van der Waals surface area (Å²) in [6, 6.07) is 16.9. The molecule has 1 saturated carbocycles. The normalized spacial score (nSPS) is 18.7. The molecule has 0 unspecified atom stereocenters. The fourth-order valence-electron chi connectivity index (χ4n) is 4.29. The molecular weight excluding hydrogens is 440 g/mol. The minimum absolute atomic E-state index is 0.0768. The molecule has 1 aliphatic rings. The van der Waals surface area contributed by atoms with Crippen LogP contribution in [0.4, 0.5) is 5.69 Å². The van der Waals surface area contributed by atoms with Crippen LogP contribution in [0.25, 0.3) is 12.2 Å². The number of carbonyl (C=O) groups is 2. The van der Waals surface area contributed by atoms with Crippen molar-refractivity contribution in [3.63, 3.8) is 0 Å². The number of nitrogens with two attached hydrogens (primary N) is 2. The maximum Gasteiger partial charge on any atom is 0.354 e. The molecule has 7 heteroatoms. The minimum Gasteiger partial charge on any atom is -0.342 e. The molecule has 0 aliphatic heterocycles. The van der Waals surface area contributed by atoms with Gasteiger partial charge in [0, 0.05) is 5.92 Å². The van der Waals surface area contributed by atoms with E-state index in [2.05, 4.69) is 10.8 Å². The summed E-state index contributed by atoms with van der Waals surface area (Å²) in [6.07, 6.45) is 9.60. The first-order valence-corrected chi connectivity index (χ1v) is 12.6. The summed E-state index contributed by atoms with van der Waals surface area (Å²) >= 11 is 0. The molecule has 0 radical (unpaired) electrons. The first-order valence-electron chi connectivity index (χ1n) is 12.6. The van der Waals surface area contributed by atoms with E-state index in [-0.39, 0.29) is 11.8 Å². The van der Waals surface area contributed by atoms with Crippen LogP contribution in [0, 0.1) is 11.8 Å². The molecule has 7 nitrogen and oxygen atoms in total.